The van der Waals surface area contributed by atoms with Crippen molar-refractivity contribution < 1.29 is 4.74 Å². The molecule has 0 aliphatic heterocycles. The van der Waals surface area contributed by atoms with Crippen LogP contribution in [0.5, 0.6) is 5.75 Å². The lowest BCUT2D eigenvalue weighted by Crippen LogP contribution is -2.32. The van der Waals surface area contributed by atoms with Crippen LogP contribution >= 0.6 is 0 Å². The van der Waals surface area contributed by atoms with E-state index in [4.69, 9.17) is 10.5 Å². The first-order valence-corrected chi connectivity index (χ1v) is 5.19. The minimum absolute atomic E-state index is 0.280. The number of nitrogens with two attached hydrogens (primary N) is 1. The molecular formula is C13H17NO. The molecule has 0 saturated heterocycles. The first kappa shape index (κ1) is 10.2. The molecule has 0 radical (unpaired) electrons. The van der Waals surface area contributed by atoms with E-state index >= 15 is 0 Å². The van der Waals surface area contributed by atoms with Crippen molar-refractivity contribution in [2.45, 2.75) is 25.8 Å². The summed E-state index contributed by atoms with van der Waals surface area (Å²) in [6.45, 7) is 4.07. The number of benzene rings is 1. The van der Waals surface area contributed by atoms with E-state index in [1.54, 1.807) is 7.11 Å². The van der Waals surface area contributed by atoms with Gasteiger partial charge in [-0.3, -0.25) is 0 Å². The Bertz CT molecular complexity index is 413. The smallest absolute Gasteiger partial charge is 0.119 e. The highest BCUT2D eigenvalue weighted by atomic mass is 16.5. The zero-order valence-corrected chi connectivity index (χ0v) is 9.50. The fourth-order valence-electron chi connectivity index (χ4n) is 2.04. The van der Waals surface area contributed by atoms with Crippen LogP contribution in [0.15, 0.2) is 24.3 Å². The van der Waals surface area contributed by atoms with E-state index in [0.29, 0.717) is 0 Å². The summed E-state index contributed by atoms with van der Waals surface area (Å²) < 4.78 is 5.23. The summed E-state index contributed by atoms with van der Waals surface area (Å²) in [6.07, 6.45) is 3.19. The van der Waals surface area contributed by atoms with E-state index in [0.717, 1.165) is 12.2 Å². The number of ether oxygens (including phenoxy) is 1. The highest BCUT2D eigenvalue weighted by Crippen LogP contribution is 2.35. The molecule has 2 nitrogen and oxygen atoms in total. The fraction of sp³-hybridized carbons (Fsp3) is 0.385. The average Bonchev–Trinajstić information content (AvgIpc) is 2.59. The first-order valence-electron chi connectivity index (χ1n) is 5.19. The van der Waals surface area contributed by atoms with Gasteiger partial charge in [0.1, 0.15) is 5.75 Å². The number of hydrogen-bond donors (Lipinski definition) is 1. The predicted molar refractivity (Wildman–Crippen MR) is 62.9 cm³/mol. The minimum Gasteiger partial charge on any atom is -0.497 e. The normalized spacial score (nSPS) is 14.8. The van der Waals surface area contributed by atoms with Gasteiger partial charge in [0.05, 0.1) is 7.11 Å². The van der Waals surface area contributed by atoms with Crippen LogP contribution in [0, 0.1) is 0 Å². The molecule has 1 aliphatic rings. The SMILES string of the molecule is COc1ccc2c(c1)C(C(C)(C)N)=CC2. The van der Waals surface area contributed by atoms with Gasteiger partial charge in [0, 0.05) is 5.54 Å². The number of rotatable bonds is 2. The molecule has 0 unspecified atom stereocenters. The lowest BCUT2D eigenvalue weighted by Gasteiger charge is -2.22. The Balaban J connectivity index is 2.47. The van der Waals surface area contributed by atoms with E-state index in [1.807, 2.05) is 19.9 Å². The van der Waals surface area contributed by atoms with Crippen molar-refractivity contribution in [2.75, 3.05) is 7.11 Å². The Morgan fingerprint density at radius 3 is 2.67 bits per heavy atom. The van der Waals surface area contributed by atoms with Gasteiger partial charge in [0.2, 0.25) is 0 Å². The maximum absolute atomic E-state index is 6.14. The topological polar surface area (TPSA) is 35.2 Å². The number of methoxy groups -OCH3 is 1. The van der Waals surface area contributed by atoms with Crippen molar-refractivity contribution in [1.82, 2.24) is 0 Å². The van der Waals surface area contributed by atoms with E-state index in [1.165, 1.54) is 16.7 Å². The van der Waals surface area contributed by atoms with Crippen LogP contribution in [0.3, 0.4) is 0 Å². The van der Waals surface area contributed by atoms with Gasteiger partial charge in [-0.1, -0.05) is 12.1 Å². The number of allylic oxidation sites excluding steroid dienone is 1. The highest BCUT2D eigenvalue weighted by molar-refractivity contribution is 5.79. The predicted octanol–water partition coefficient (Wildman–Crippen LogP) is 2.37. The van der Waals surface area contributed by atoms with Crippen LogP contribution < -0.4 is 10.5 Å². The van der Waals surface area contributed by atoms with Crippen LogP contribution in [0.2, 0.25) is 0 Å². The molecular weight excluding hydrogens is 186 g/mol. The third kappa shape index (κ3) is 1.77. The summed E-state index contributed by atoms with van der Waals surface area (Å²) >= 11 is 0. The van der Waals surface area contributed by atoms with Gasteiger partial charge in [0.25, 0.3) is 0 Å². The number of fused-ring (bicyclic) bond motifs is 1. The van der Waals surface area contributed by atoms with E-state index in [2.05, 4.69) is 18.2 Å². The fourth-order valence-corrected chi connectivity index (χ4v) is 2.04. The zero-order valence-electron chi connectivity index (χ0n) is 9.50. The maximum Gasteiger partial charge on any atom is 0.119 e. The summed E-state index contributed by atoms with van der Waals surface area (Å²) in [6, 6.07) is 6.19. The van der Waals surface area contributed by atoms with Gasteiger partial charge < -0.3 is 10.5 Å². The summed E-state index contributed by atoms with van der Waals surface area (Å²) in [5, 5.41) is 0. The third-order valence-electron chi connectivity index (χ3n) is 2.83. The molecule has 1 aromatic rings. The second-order valence-corrected chi connectivity index (χ2v) is 4.57. The molecule has 15 heavy (non-hydrogen) atoms. The molecule has 2 N–H and O–H groups in total. The van der Waals surface area contributed by atoms with Gasteiger partial charge in [-0.05, 0) is 49.1 Å². The van der Waals surface area contributed by atoms with Crippen molar-refractivity contribution in [3.8, 4) is 5.75 Å². The number of hydrogen-bond acceptors (Lipinski definition) is 2. The van der Waals surface area contributed by atoms with Crippen molar-refractivity contribution in [3.05, 3.63) is 35.4 Å². The van der Waals surface area contributed by atoms with Crippen LogP contribution in [0.4, 0.5) is 0 Å². The summed E-state index contributed by atoms with van der Waals surface area (Å²) in [7, 11) is 1.69. The molecule has 0 bridgehead atoms. The molecule has 0 saturated carbocycles. The highest BCUT2D eigenvalue weighted by Gasteiger charge is 2.25. The van der Waals surface area contributed by atoms with Crippen LogP contribution in [0.25, 0.3) is 5.57 Å². The molecule has 80 valence electrons. The van der Waals surface area contributed by atoms with Crippen molar-refractivity contribution in [1.29, 1.82) is 0 Å². The summed E-state index contributed by atoms with van der Waals surface area (Å²) in [5.74, 6) is 0.894. The Labute approximate surface area is 90.7 Å². The molecule has 0 atom stereocenters. The second-order valence-electron chi connectivity index (χ2n) is 4.57. The summed E-state index contributed by atoms with van der Waals surface area (Å²) in [5.41, 5.74) is 9.65. The van der Waals surface area contributed by atoms with Gasteiger partial charge in [0.15, 0.2) is 0 Å². The molecule has 0 fully saturated rings. The van der Waals surface area contributed by atoms with Crippen molar-refractivity contribution >= 4 is 5.57 Å². The van der Waals surface area contributed by atoms with Crippen LogP contribution in [-0.2, 0) is 6.42 Å². The van der Waals surface area contributed by atoms with Gasteiger partial charge in [-0.15, -0.1) is 0 Å². The Morgan fingerprint density at radius 1 is 1.33 bits per heavy atom. The Hall–Kier alpha value is -1.28. The van der Waals surface area contributed by atoms with E-state index in [-0.39, 0.29) is 5.54 Å². The van der Waals surface area contributed by atoms with E-state index in [9.17, 15) is 0 Å². The molecule has 0 aromatic heterocycles. The lowest BCUT2D eigenvalue weighted by atomic mass is 9.90. The largest absolute Gasteiger partial charge is 0.497 e. The van der Waals surface area contributed by atoms with Crippen molar-refractivity contribution in [2.24, 2.45) is 5.73 Å². The molecule has 0 spiro atoms. The second kappa shape index (κ2) is 3.38. The van der Waals surface area contributed by atoms with Gasteiger partial charge in [-0.2, -0.15) is 0 Å². The molecule has 0 amide bonds. The first-order chi connectivity index (χ1) is 7.02. The lowest BCUT2D eigenvalue weighted by molar-refractivity contribution is 0.414. The Morgan fingerprint density at radius 2 is 2.07 bits per heavy atom. The maximum atomic E-state index is 6.14. The molecule has 2 heteroatoms. The Kier molecular flexibility index (Phi) is 2.31. The molecule has 2 rings (SSSR count). The van der Waals surface area contributed by atoms with Crippen molar-refractivity contribution in [3.63, 3.8) is 0 Å². The van der Waals surface area contributed by atoms with Gasteiger partial charge >= 0.3 is 0 Å². The summed E-state index contributed by atoms with van der Waals surface area (Å²) in [4.78, 5) is 0. The average molecular weight is 203 g/mol. The standard InChI is InChI=1S/C13H17NO/c1-13(2,14)12-7-5-9-4-6-10(15-3)8-11(9)12/h4,6-8H,5,14H2,1-3H3. The minimum atomic E-state index is -0.280. The zero-order chi connectivity index (χ0) is 11.1. The van der Waals surface area contributed by atoms with E-state index < -0.39 is 0 Å². The van der Waals surface area contributed by atoms with Gasteiger partial charge in [-0.25, -0.2) is 0 Å². The molecule has 1 aromatic carbocycles. The third-order valence-corrected chi connectivity index (χ3v) is 2.83. The van der Waals surface area contributed by atoms with Crippen LogP contribution in [-0.4, -0.2) is 12.6 Å². The van der Waals surface area contributed by atoms with Crippen LogP contribution in [0.1, 0.15) is 25.0 Å². The quantitative estimate of drug-likeness (QED) is 0.801. The molecule has 0 heterocycles. The molecule has 1 aliphatic carbocycles. The monoisotopic (exact) mass is 203 g/mol.